The second-order valence-electron chi connectivity index (χ2n) is 8.08. The van der Waals surface area contributed by atoms with Gasteiger partial charge in [0.1, 0.15) is 23.5 Å². The maximum Gasteiger partial charge on any atom is 0.189 e. The van der Waals surface area contributed by atoms with Gasteiger partial charge in [-0.1, -0.05) is 38.8 Å². The highest BCUT2D eigenvalue weighted by atomic mass is 16.7. The van der Waals surface area contributed by atoms with Crippen molar-refractivity contribution in [1.82, 2.24) is 9.55 Å². The predicted molar refractivity (Wildman–Crippen MR) is 141 cm³/mol. The number of imidazole rings is 1. The Labute approximate surface area is 210 Å². The second-order valence-corrected chi connectivity index (χ2v) is 8.08. The van der Waals surface area contributed by atoms with E-state index < -0.39 is 24.4 Å². The smallest absolute Gasteiger partial charge is 0.189 e. The van der Waals surface area contributed by atoms with Crippen LogP contribution in [-0.2, 0) is 16.5 Å². The third-order valence-corrected chi connectivity index (χ3v) is 5.27. The summed E-state index contributed by atoms with van der Waals surface area (Å²) in [6.07, 6.45) is 6.19. The summed E-state index contributed by atoms with van der Waals surface area (Å²) in [5, 5.41) is 28.7. The standard InChI is InChI=1S/C15H22N2O5.C6H12O.C6H12/c1-9(18)14(19)15(20)10(2)21-8-22-12-6-4-5-11-13(12)17(3)7-16-11;1-4-6(5-2)7-3;1-3-5-6-4-2/h4-7,9-10,14-15,18-20H,8H2,1-3H3;4H,5H2,1-3H3;3H,1,4-6H2,2H3/b;6-4+;. The summed E-state index contributed by atoms with van der Waals surface area (Å²) in [4.78, 5) is 4.23. The third kappa shape index (κ3) is 12.2. The zero-order valence-electron chi connectivity index (χ0n) is 22.5. The fourth-order valence-corrected chi connectivity index (χ4v) is 2.97. The van der Waals surface area contributed by atoms with Crippen molar-refractivity contribution in [2.45, 2.75) is 84.7 Å². The molecule has 1 heterocycles. The van der Waals surface area contributed by atoms with Crippen LogP contribution in [0.3, 0.4) is 0 Å². The summed E-state index contributed by atoms with van der Waals surface area (Å²) in [5.41, 5.74) is 1.67. The number of para-hydroxylation sites is 1. The Morgan fingerprint density at radius 3 is 2.31 bits per heavy atom. The Hall–Kier alpha value is -2.39. The van der Waals surface area contributed by atoms with E-state index in [-0.39, 0.29) is 6.79 Å². The Kier molecular flexibility index (Phi) is 17.6. The minimum Gasteiger partial charge on any atom is -0.501 e. The highest BCUT2D eigenvalue weighted by molar-refractivity contribution is 5.81. The number of rotatable bonds is 12. The van der Waals surface area contributed by atoms with E-state index in [0.717, 1.165) is 23.2 Å². The van der Waals surface area contributed by atoms with Crippen LogP contribution in [0, 0.1) is 0 Å². The van der Waals surface area contributed by atoms with Gasteiger partial charge in [0.25, 0.3) is 0 Å². The number of aliphatic hydroxyl groups excluding tert-OH is 3. The molecule has 0 amide bonds. The van der Waals surface area contributed by atoms with Gasteiger partial charge in [0.05, 0.1) is 36.9 Å². The van der Waals surface area contributed by atoms with Gasteiger partial charge in [0.2, 0.25) is 0 Å². The normalized spacial score (nSPS) is 14.5. The molecule has 0 fully saturated rings. The molecule has 4 atom stereocenters. The molecule has 4 unspecified atom stereocenters. The van der Waals surface area contributed by atoms with E-state index in [9.17, 15) is 15.3 Å². The number of hydrogen-bond acceptors (Lipinski definition) is 7. The Bertz CT molecular complexity index is 843. The average molecular weight is 495 g/mol. The summed E-state index contributed by atoms with van der Waals surface area (Å²) in [6.45, 7) is 12.7. The van der Waals surface area contributed by atoms with Crippen LogP contribution in [0.5, 0.6) is 5.75 Å². The van der Waals surface area contributed by atoms with Crippen molar-refractivity contribution in [2.24, 2.45) is 7.05 Å². The predicted octanol–water partition coefficient (Wildman–Crippen LogP) is 4.73. The molecular weight excluding hydrogens is 448 g/mol. The van der Waals surface area contributed by atoms with Crippen LogP contribution in [0.1, 0.15) is 60.3 Å². The molecule has 0 bridgehead atoms. The minimum absolute atomic E-state index is 0.0882. The molecule has 1 aromatic carbocycles. The molecule has 0 radical (unpaired) electrons. The van der Waals surface area contributed by atoms with Gasteiger partial charge in [-0.3, -0.25) is 0 Å². The van der Waals surface area contributed by atoms with E-state index >= 15 is 0 Å². The molecule has 200 valence electrons. The molecule has 0 saturated heterocycles. The Balaban J connectivity index is 0.000000733. The van der Waals surface area contributed by atoms with E-state index in [1.807, 2.05) is 42.8 Å². The van der Waals surface area contributed by atoms with Gasteiger partial charge in [0, 0.05) is 13.5 Å². The van der Waals surface area contributed by atoms with Crippen molar-refractivity contribution in [2.75, 3.05) is 13.9 Å². The molecule has 8 heteroatoms. The monoisotopic (exact) mass is 494 g/mol. The highest BCUT2D eigenvalue weighted by Gasteiger charge is 2.27. The molecule has 0 saturated carbocycles. The molecule has 35 heavy (non-hydrogen) atoms. The number of ether oxygens (including phenoxy) is 3. The summed E-state index contributed by atoms with van der Waals surface area (Å²) < 4.78 is 17.7. The fourth-order valence-electron chi connectivity index (χ4n) is 2.97. The van der Waals surface area contributed by atoms with Crippen molar-refractivity contribution in [3.63, 3.8) is 0 Å². The number of fused-ring (bicyclic) bond motifs is 1. The zero-order chi connectivity index (χ0) is 26.8. The van der Waals surface area contributed by atoms with Crippen molar-refractivity contribution in [3.8, 4) is 5.75 Å². The summed E-state index contributed by atoms with van der Waals surface area (Å²) in [6, 6.07) is 5.52. The first-order chi connectivity index (χ1) is 16.7. The Morgan fingerprint density at radius 1 is 1.17 bits per heavy atom. The van der Waals surface area contributed by atoms with Crippen LogP contribution in [0.15, 0.2) is 49.0 Å². The van der Waals surface area contributed by atoms with E-state index in [4.69, 9.17) is 14.2 Å². The van der Waals surface area contributed by atoms with Gasteiger partial charge in [-0.05, 0) is 45.4 Å². The molecule has 3 N–H and O–H groups in total. The van der Waals surface area contributed by atoms with E-state index in [0.29, 0.717) is 5.75 Å². The number of nitrogens with zero attached hydrogens (tertiary/aromatic N) is 2. The van der Waals surface area contributed by atoms with Crippen molar-refractivity contribution in [3.05, 3.63) is 49.0 Å². The lowest BCUT2D eigenvalue weighted by molar-refractivity contribution is -0.135. The maximum absolute atomic E-state index is 9.83. The van der Waals surface area contributed by atoms with E-state index in [1.54, 1.807) is 26.4 Å². The number of aliphatic hydroxyl groups is 3. The number of allylic oxidation sites excluding steroid dienone is 3. The quantitative estimate of drug-likeness (QED) is 0.170. The van der Waals surface area contributed by atoms with Gasteiger partial charge >= 0.3 is 0 Å². The SMILES string of the molecule is C/C=C(\CC)OC.C=CCCCC.CC(O)C(O)C(O)C(C)OCOc1cccc2ncn(C)c12. The van der Waals surface area contributed by atoms with Crippen LogP contribution in [0.2, 0.25) is 0 Å². The maximum atomic E-state index is 9.83. The molecule has 2 aromatic rings. The number of aryl methyl sites for hydroxylation is 1. The van der Waals surface area contributed by atoms with Crippen molar-refractivity contribution in [1.29, 1.82) is 0 Å². The summed E-state index contributed by atoms with van der Waals surface area (Å²) in [7, 11) is 3.56. The summed E-state index contributed by atoms with van der Waals surface area (Å²) in [5.74, 6) is 1.68. The van der Waals surface area contributed by atoms with Crippen LogP contribution in [0.4, 0.5) is 0 Å². The molecular formula is C27H46N2O6. The van der Waals surface area contributed by atoms with Gasteiger partial charge < -0.3 is 34.1 Å². The lowest BCUT2D eigenvalue weighted by Gasteiger charge is -2.25. The zero-order valence-corrected chi connectivity index (χ0v) is 22.5. The molecule has 0 spiro atoms. The van der Waals surface area contributed by atoms with Crippen molar-refractivity contribution >= 4 is 11.0 Å². The first-order valence-electron chi connectivity index (χ1n) is 12.2. The fraction of sp³-hybridized carbons (Fsp3) is 0.593. The van der Waals surface area contributed by atoms with Crippen molar-refractivity contribution < 1.29 is 29.5 Å². The second kappa shape index (κ2) is 18.9. The first kappa shape index (κ1) is 32.6. The lowest BCUT2D eigenvalue weighted by atomic mass is 10.1. The number of methoxy groups -OCH3 is 1. The van der Waals surface area contributed by atoms with Crippen LogP contribution >= 0.6 is 0 Å². The van der Waals surface area contributed by atoms with Crippen LogP contribution in [-0.4, -0.2) is 63.2 Å². The number of aromatic nitrogens is 2. The molecule has 0 aliphatic carbocycles. The number of unbranched alkanes of at least 4 members (excludes halogenated alkanes) is 2. The van der Waals surface area contributed by atoms with Gasteiger partial charge in [-0.2, -0.15) is 0 Å². The van der Waals surface area contributed by atoms with Gasteiger partial charge in [0.15, 0.2) is 6.79 Å². The van der Waals surface area contributed by atoms with E-state index in [2.05, 4.69) is 25.4 Å². The minimum atomic E-state index is -1.27. The molecule has 8 nitrogen and oxygen atoms in total. The van der Waals surface area contributed by atoms with Gasteiger partial charge in [-0.25, -0.2) is 4.98 Å². The first-order valence-corrected chi connectivity index (χ1v) is 12.2. The number of hydrogen-bond donors (Lipinski definition) is 3. The number of benzene rings is 1. The lowest BCUT2D eigenvalue weighted by Crippen LogP contribution is -2.43. The molecule has 0 aliphatic heterocycles. The third-order valence-electron chi connectivity index (χ3n) is 5.27. The topological polar surface area (TPSA) is 106 Å². The summed E-state index contributed by atoms with van der Waals surface area (Å²) >= 11 is 0. The molecule has 0 aliphatic rings. The Morgan fingerprint density at radius 2 is 1.86 bits per heavy atom. The van der Waals surface area contributed by atoms with E-state index in [1.165, 1.54) is 26.2 Å². The van der Waals surface area contributed by atoms with Crippen LogP contribution in [0.25, 0.3) is 11.0 Å². The largest absolute Gasteiger partial charge is 0.501 e. The van der Waals surface area contributed by atoms with Crippen LogP contribution < -0.4 is 4.74 Å². The molecule has 2 rings (SSSR count). The average Bonchev–Trinajstić information content (AvgIpc) is 3.25. The highest BCUT2D eigenvalue weighted by Crippen LogP contribution is 2.24. The van der Waals surface area contributed by atoms with Gasteiger partial charge in [-0.15, -0.1) is 6.58 Å². The molecule has 1 aromatic heterocycles.